The van der Waals surface area contributed by atoms with Crippen LogP contribution in [0.2, 0.25) is 0 Å². The molecular weight excluding hydrogens is 198 g/mol. The zero-order valence-electron chi connectivity index (χ0n) is 9.81. The zero-order chi connectivity index (χ0) is 11.1. The first-order valence-electron chi connectivity index (χ1n) is 6.68. The maximum absolute atomic E-state index is 6.06. The summed E-state index contributed by atoms with van der Waals surface area (Å²) in [5, 5.41) is 3.81. The summed E-state index contributed by atoms with van der Waals surface area (Å²) in [7, 11) is 0. The molecule has 0 aromatic rings. The third kappa shape index (κ3) is 1.92. The molecule has 3 unspecified atom stereocenters. The number of fused-ring (bicyclic) bond motifs is 2. The maximum atomic E-state index is 6.06. The van der Waals surface area contributed by atoms with E-state index in [1.165, 1.54) is 19.3 Å². The number of nitrogens with two attached hydrogens (primary N) is 2. The van der Waals surface area contributed by atoms with E-state index in [2.05, 4.69) is 17.5 Å². The highest BCUT2D eigenvalue weighted by molar-refractivity contribution is 5.10. The first-order valence-corrected chi connectivity index (χ1v) is 6.68. The van der Waals surface area contributed by atoms with Gasteiger partial charge in [0.05, 0.1) is 0 Å². The van der Waals surface area contributed by atoms with E-state index in [1.807, 2.05) is 0 Å². The summed E-state index contributed by atoms with van der Waals surface area (Å²) in [4.78, 5) is 0. The molecule has 0 aromatic heterocycles. The van der Waals surface area contributed by atoms with Gasteiger partial charge in [0.25, 0.3) is 0 Å². The molecule has 1 heterocycles. The molecule has 1 saturated heterocycles. The Morgan fingerprint density at radius 3 is 2.69 bits per heavy atom. The van der Waals surface area contributed by atoms with E-state index >= 15 is 0 Å². The molecule has 0 spiro atoms. The average molecular weight is 221 g/mol. The summed E-state index contributed by atoms with van der Waals surface area (Å²) in [5.74, 6) is 1.57. The Bertz CT molecular complexity index is 289. The molecule has 0 aromatic carbocycles. The van der Waals surface area contributed by atoms with E-state index in [0.717, 1.165) is 24.7 Å². The van der Waals surface area contributed by atoms with Gasteiger partial charge in [-0.25, -0.2) is 0 Å². The second kappa shape index (κ2) is 4.13. The molecular formula is C13H23N3. The lowest BCUT2D eigenvalue weighted by Crippen LogP contribution is -2.57. The van der Waals surface area contributed by atoms with Crippen LogP contribution in [0.1, 0.15) is 32.1 Å². The van der Waals surface area contributed by atoms with Crippen LogP contribution < -0.4 is 16.8 Å². The van der Waals surface area contributed by atoms with Gasteiger partial charge in [-0.1, -0.05) is 12.2 Å². The molecule has 16 heavy (non-hydrogen) atoms. The summed E-state index contributed by atoms with van der Waals surface area (Å²) in [6.45, 7) is 0. The van der Waals surface area contributed by atoms with E-state index < -0.39 is 0 Å². The molecule has 3 nitrogen and oxygen atoms in total. The Hall–Kier alpha value is -0.380. The Kier molecular flexibility index (Phi) is 2.78. The number of hydrogen-bond donors (Lipinski definition) is 3. The Balaban J connectivity index is 1.72. The first kappa shape index (κ1) is 10.8. The van der Waals surface area contributed by atoms with Gasteiger partial charge >= 0.3 is 0 Å². The minimum Gasteiger partial charge on any atom is -0.328 e. The number of hydrogen-bond acceptors (Lipinski definition) is 3. The third-order valence-corrected chi connectivity index (χ3v) is 4.69. The van der Waals surface area contributed by atoms with Crippen LogP contribution in [0.3, 0.4) is 0 Å². The van der Waals surface area contributed by atoms with E-state index in [4.69, 9.17) is 11.5 Å². The molecule has 6 atom stereocenters. The SMILES string of the molecule is NC1C=C[C@@H]2CC3CC[C@H](N)CC3N[C@@H]2C1. The van der Waals surface area contributed by atoms with E-state index in [-0.39, 0.29) is 6.04 Å². The molecule has 1 saturated carbocycles. The van der Waals surface area contributed by atoms with Crippen molar-refractivity contribution in [3.05, 3.63) is 12.2 Å². The molecule has 3 rings (SSSR count). The molecule has 3 aliphatic rings. The lowest BCUT2D eigenvalue weighted by molar-refractivity contribution is 0.125. The lowest BCUT2D eigenvalue weighted by Gasteiger charge is -2.47. The molecule has 2 aliphatic carbocycles. The fourth-order valence-electron chi connectivity index (χ4n) is 3.78. The normalized spacial score (nSPS) is 51.9. The van der Waals surface area contributed by atoms with Crippen molar-refractivity contribution in [3.8, 4) is 0 Å². The summed E-state index contributed by atoms with van der Waals surface area (Å²) in [6, 6.07) is 1.93. The van der Waals surface area contributed by atoms with Crippen molar-refractivity contribution in [2.75, 3.05) is 0 Å². The molecule has 2 fully saturated rings. The summed E-state index contributed by atoms with van der Waals surface area (Å²) >= 11 is 0. The Morgan fingerprint density at radius 2 is 1.81 bits per heavy atom. The Labute approximate surface area is 97.6 Å². The van der Waals surface area contributed by atoms with Crippen LogP contribution in [0.4, 0.5) is 0 Å². The quantitative estimate of drug-likeness (QED) is 0.529. The van der Waals surface area contributed by atoms with Crippen molar-refractivity contribution >= 4 is 0 Å². The van der Waals surface area contributed by atoms with Crippen LogP contribution in [0.15, 0.2) is 12.2 Å². The number of nitrogens with one attached hydrogen (secondary N) is 1. The highest BCUT2D eigenvalue weighted by atomic mass is 15.0. The van der Waals surface area contributed by atoms with Gasteiger partial charge in [0.15, 0.2) is 0 Å². The zero-order valence-corrected chi connectivity index (χ0v) is 9.81. The highest BCUT2D eigenvalue weighted by Gasteiger charge is 2.39. The predicted molar refractivity (Wildman–Crippen MR) is 65.9 cm³/mol. The topological polar surface area (TPSA) is 64.1 Å². The molecule has 0 amide bonds. The molecule has 5 N–H and O–H groups in total. The van der Waals surface area contributed by atoms with Crippen molar-refractivity contribution in [3.63, 3.8) is 0 Å². The van der Waals surface area contributed by atoms with Crippen molar-refractivity contribution in [1.82, 2.24) is 5.32 Å². The van der Waals surface area contributed by atoms with Crippen molar-refractivity contribution in [1.29, 1.82) is 0 Å². The highest BCUT2D eigenvalue weighted by Crippen LogP contribution is 2.37. The minimum atomic E-state index is 0.252. The predicted octanol–water partition coefficient (Wildman–Crippen LogP) is 0.748. The molecule has 90 valence electrons. The first-order chi connectivity index (χ1) is 7.72. The largest absolute Gasteiger partial charge is 0.328 e. The van der Waals surface area contributed by atoms with Gasteiger partial charge in [0.2, 0.25) is 0 Å². The number of rotatable bonds is 0. The van der Waals surface area contributed by atoms with E-state index in [9.17, 15) is 0 Å². The smallest absolute Gasteiger partial charge is 0.0238 e. The molecule has 1 aliphatic heterocycles. The average Bonchev–Trinajstić information content (AvgIpc) is 2.26. The van der Waals surface area contributed by atoms with Gasteiger partial charge in [-0.15, -0.1) is 0 Å². The van der Waals surface area contributed by atoms with Gasteiger partial charge in [-0.3, -0.25) is 0 Å². The maximum Gasteiger partial charge on any atom is 0.0238 e. The van der Waals surface area contributed by atoms with Gasteiger partial charge in [0.1, 0.15) is 0 Å². The third-order valence-electron chi connectivity index (χ3n) is 4.69. The van der Waals surface area contributed by atoms with Gasteiger partial charge < -0.3 is 16.8 Å². The fraction of sp³-hybridized carbons (Fsp3) is 0.846. The lowest BCUT2D eigenvalue weighted by atomic mass is 9.70. The second-order valence-corrected chi connectivity index (χ2v) is 5.90. The monoisotopic (exact) mass is 221 g/mol. The van der Waals surface area contributed by atoms with Crippen LogP contribution >= 0.6 is 0 Å². The van der Waals surface area contributed by atoms with Crippen molar-refractivity contribution in [2.24, 2.45) is 23.3 Å². The van der Waals surface area contributed by atoms with Crippen molar-refractivity contribution < 1.29 is 0 Å². The van der Waals surface area contributed by atoms with Crippen LogP contribution in [-0.4, -0.2) is 24.2 Å². The van der Waals surface area contributed by atoms with Crippen molar-refractivity contribution in [2.45, 2.75) is 56.3 Å². The molecule has 0 bridgehead atoms. The summed E-state index contributed by atoms with van der Waals surface area (Å²) < 4.78 is 0. The van der Waals surface area contributed by atoms with Crippen LogP contribution in [-0.2, 0) is 0 Å². The molecule has 0 radical (unpaired) electrons. The summed E-state index contributed by atoms with van der Waals surface area (Å²) in [6.07, 6.45) is 10.7. The van der Waals surface area contributed by atoms with Crippen LogP contribution in [0.5, 0.6) is 0 Å². The molecule has 3 heteroatoms. The van der Waals surface area contributed by atoms with Gasteiger partial charge in [0, 0.05) is 24.2 Å². The second-order valence-electron chi connectivity index (χ2n) is 5.90. The number of piperidine rings is 1. The van der Waals surface area contributed by atoms with E-state index in [1.54, 1.807) is 0 Å². The minimum absolute atomic E-state index is 0.252. The van der Waals surface area contributed by atoms with Gasteiger partial charge in [-0.05, 0) is 43.9 Å². The Morgan fingerprint density at radius 1 is 0.938 bits per heavy atom. The summed E-state index contributed by atoms with van der Waals surface area (Å²) in [5.41, 5.74) is 12.0. The fourth-order valence-corrected chi connectivity index (χ4v) is 3.78. The van der Waals surface area contributed by atoms with Crippen LogP contribution in [0, 0.1) is 11.8 Å². The van der Waals surface area contributed by atoms with Gasteiger partial charge in [-0.2, -0.15) is 0 Å². The van der Waals surface area contributed by atoms with E-state index in [0.29, 0.717) is 18.1 Å². The van der Waals surface area contributed by atoms with Crippen LogP contribution in [0.25, 0.3) is 0 Å². The standard InChI is InChI=1S/C13H23N3/c14-10-3-1-8-5-9-2-4-11(15)7-13(9)16-12(8)6-10/h1,3,8-13,16H,2,4-7,14-15H2/t8-,9?,10?,11+,12-,13?/m1/s1.